The summed E-state index contributed by atoms with van der Waals surface area (Å²) >= 11 is 6.13. The molecule has 1 aromatic carbocycles. The van der Waals surface area contributed by atoms with E-state index < -0.39 is 0 Å². The molecule has 114 valence electrons. The van der Waals surface area contributed by atoms with Gasteiger partial charge in [-0.15, -0.1) is 0 Å². The van der Waals surface area contributed by atoms with Crippen molar-refractivity contribution in [1.82, 2.24) is 15.2 Å². The molecule has 0 radical (unpaired) electrons. The number of benzene rings is 1. The Kier molecular flexibility index (Phi) is 5.39. The standard InChI is InChI=1S/C16H23ClN4/c1-4-12(3)21-6-5-15(20-21)10-16(19-18)13-7-11(2)8-14(17)9-13/h5-9,12,16,19H,4,10,18H2,1-3H3. The molecule has 0 spiro atoms. The average molecular weight is 307 g/mol. The van der Waals surface area contributed by atoms with Gasteiger partial charge in [-0.3, -0.25) is 16.0 Å². The van der Waals surface area contributed by atoms with Crippen molar-refractivity contribution >= 4 is 11.6 Å². The van der Waals surface area contributed by atoms with Gasteiger partial charge in [-0.05, 0) is 49.6 Å². The lowest BCUT2D eigenvalue weighted by molar-refractivity contribution is 0.467. The van der Waals surface area contributed by atoms with Gasteiger partial charge < -0.3 is 0 Å². The Morgan fingerprint density at radius 3 is 2.76 bits per heavy atom. The Balaban J connectivity index is 2.17. The lowest BCUT2D eigenvalue weighted by atomic mass is 10.0. The monoisotopic (exact) mass is 306 g/mol. The first-order valence-electron chi connectivity index (χ1n) is 7.30. The number of halogens is 1. The van der Waals surface area contributed by atoms with Crippen LogP contribution in [0.25, 0.3) is 0 Å². The fourth-order valence-corrected chi connectivity index (χ4v) is 2.66. The molecule has 3 N–H and O–H groups in total. The third-order valence-electron chi connectivity index (χ3n) is 3.79. The summed E-state index contributed by atoms with van der Waals surface area (Å²) in [6.45, 7) is 6.35. The van der Waals surface area contributed by atoms with Crippen LogP contribution in [0.4, 0.5) is 0 Å². The van der Waals surface area contributed by atoms with Gasteiger partial charge in [-0.2, -0.15) is 5.10 Å². The summed E-state index contributed by atoms with van der Waals surface area (Å²) in [6.07, 6.45) is 3.83. The van der Waals surface area contributed by atoms with Gasteiger partial charge in [0.25, 0.3) is 0 Å². The van der Waals surface area contributed by atoms with Gasteiger partial charge in [0.1, 0.15) is 0 Å². The predicted octanol–water partition coefficient (Wildman–Crippen LogP) is 3.56. The van der Waals surface area contributed by atoms with Gasteiger partial charge in [-0.25, -0.2) is 0 Å². The van der Waals surface area contributed by atoms with E-state index in [2.05, 4.69) is 30.4 Å². The van der Waals surface area contributed by atoms with Crippen LogP contribution in [0.5, 0.6) is 0 Å². The van der Waals surface area contributed by atoms with E-state index in [0.717, 1.165) is 34.7 Å². The number of nitrogens with two attached hydrogens (primary N) is 1. The Morgan fingerprint density at radius 1 is 1.38 bits per heavy atom. The Labute approximate surface area is 131 Å². The molecule has 2 aromatic rings. The number of nitrogens with one attached hydrogen (secondary N) is 1. The van der Waals surface area contributed by atoms with Gasteiger partial charge in [0.2, 0.25) is 0 Å². The number of rotatable bonds is 6. The maximum absolute atomic E-state index is 6.13. The SMILES string of the molecule is CCC(C)n1ccc(CC(NN)c2cc(C)cc(Cl)c2)n1. The van der Waals surface area contributed by atoms with Crippen LogP contribution in [0.2, 0.25) is 5.02 Å². The fraction of sp³-hybridized carbons (Fsp3) is 0.438. The number of nitrogens with zero attached hydrogens (tertiary/aromatic N) is 2. The second-order valence-corrected chi connectivity index (χ2v) is 5.97. The molecule has 1 aromatic heterocycles. The number of hydrogen-bond donors (Lipinski definition) is 2. The highest BCUT2D eigenvalue weighted by Gasteiger charge is 2.14. The Hall–Kier alpha value is -1.36. The summed E-state index contributed by atoms with van der Waals surface area (Å²) in [5.41, 5.74) is 6.10. The quantitative estimate of drug-likeness (QED) is 0.634. The van der Waals surface area contributed by atoms with Crippen molar-refractivity contribution < 1.29 is 0 Å². The molecule has 0 saturated heterocycles. The first kappa shape index (κ1) is 16.0. The van der Waals surface area contributed by atoms with Crippen molar-refractivity contribution in [2.24, 2.45) is 5.84 Å². The van der Waals surface area contributed by atoms with E-state index in [1.54, 1.807) is 0 Å². The van der Waals surface area contributed by atoms with Crippen LogP contribution in [-0.4, -0.2) is 9.78 Å². The van der Waals surface area contributed by atoms with Crippen LogP contribution in [-0.2, 0) is 6.42 Å². The molecule has 0 fully saturated rings. The van der Waals surface area contributed by atoms with Gasteiger partial charge in [0, 0.05) is 23.7 Å². The molecule has 0 bridgehead atoms. The van der Waals surface area contributed by atoms with E-state index in [1.807, 2.05) is 36.0 Å². The second-order valence-electron chi connectivity index (χ2n) is 5.53. The van der Waals surface area contributed by atoms with Gasteiger partial charge in [0.15, 0.2) is 0 Å². The predicted molar refractivity (Wildman–Crippen MR) is 87.2 cm³/mol. The zero-order valence-electron chi connectivity index (χ0n) is 12.8. The van der Waals surface area contributed by atoms with Crippen LogP contribution in [0.3, 0.4) is 0 Å². The summed E-state index contributed by atoms with van der Waals surface area (Å²) in [4.78, 5) is 0. The molecule has 0 saturated carbocycles. The first-order chi connectivity index (χ1) is 10.0. The largest absolute Gasteiger partial charge is 0.271 e. The van der Waals surface area contributed by atoms with Crippen molar-refractivity contribution in [2.75, 3.05) is 0 Å². The van der Waals surface area contributed by atoms with E-state index in [-0.39, 0.29) is 6.04 Å². The lowest BCUT2D eigenvalue weighted by Gasteiger charge is -2.16. The van der Waals surface area contributed by atoms with Crippen molar-refractivity contribution in [3.05, 3.63) is 52.3 Å². The molecule has 0 amide bonds. The zero-order valence-corrected chi connectivity index (χ0v) is 13.6. The maximum atomic E-state index is 6.13. The minimum Gasteiger partial charge on any atom is -0.271 e. The van der Waals surface area contributed by atoms with Crippen molar-refractivity contribution in [2.45, 2.75) is 45.7 Å². The molecule has 1 heterocycles. The number of hydrazine groups is 1. The van der Waals surface area contributed by atoms with Crippen LogP contribution < -0.4 is 11.3 Å². The molecule has 5 heteroatoms. The van der Waals surface area contributed by atoms with Gasteiger partial charge in [0.05, 0.1) is 11.7 Å². The summed E-state index contributed by atoms with van der Waals surface area (Å²) in [5.74, 6) is 5.72. The topological polar surface area (TPSA) is 55.9 Å². The number of aryl methyl sites for hydroxylation is 1. The van der Waals surface area contributed by atoms with Crippen LogP contribution in [0.15, 0.2) is 30.5 Å². The Morgan fingerprint density at radius 2 is 2.14 bits per heavy atom. The van der Waals surface area contributed by atoms with E-state index in [0.29, 0.717) is 6.04 Å². The number of hydrogen-bond acceptors (Lipinski definition) is 3. The average Bonchev–Trinajstić information content (AvgIpc) is 2.91. The minimum absolute atomic E-state index is 0.00248. The minimum atomic E-state index is 0.00248. The molecular formula is C16H23ClN4. The smallest absolute Gasteiger partial charge is 0.0644 e. The summed E-state index contributed by atoms with van der Waals surface area (Å²) in [7, 11) is 0. The zero-order chi connectivity index (χ0) is 15.4. The van der Waals surface area contributed by atoms with Gasteiger partial charge >= 0.3 is 0 Å². The maximum Gasteiger partial charge on any atom is 0.0644 e. The highest BCUT2D eigenvalue weighted by molar-refractivity contribution is 6.30. The molecule has 2 atom stereocenters. The molecule has 2 unspecified atom stereocenters. The second kappa shape index (κ2) is 7.07. The van der Waals surface area contributed by atoms with Crippen LogP contribution in [0, 0.1) is 6.92 Å². The third-order valence-corrected chi connectivity index (χ3v) is 4.01. The third kappa shape index (κ3) is 4.06. The highest BCUT2D eigenvalue weighted by atomic mass is 35.5. The number of aromatic nitrogens is 2. The molecule has 21 heavy (non-hydrogen) atoms. The summed E-state index contributed by atoms with van der Waals surface area (Å²) < 4.78 is 2.01. The lowest BCUT2D eigenvalue weighted by Crippen LogP contribution is -2.29. The van der Waals surface area contributed by atoms with Crippen molar-refractivity contribution in [3.63, 3.8) is 0 Å². The van der Waals surface area contributed by atoms with Gasteiger partial charge in [-0.1, -0.05) is 24.6 Å². The highest BCUT2D eigenvalue weighted by Crippen LogP contribution is 2.23. The molecule has 0 aliphatic rings. The van der Waals surface area contributed by atoms with Crippen LogP contribution in [0.1, 0.15) is 49.2 Å². The first-order valence-corrected chi connectivity index (χ1v) is 7.68. The van der Waals surface area contributed by atoms with Crippen molar-refractivity contribution in [3.8, 4) is 0 Å². The van der Waals surface area contributed by atoms with E-state index >= 15 is 0 Å². The summed E-state index contributed by atoms with van der Waals surface area (Å²) in [6, 6.07) is 8.45. The van der Waals surface area contributed by atoms with E-state index in [9.17, 15) is 0 Å². The van der Waals surface area contributed by atoms with Crippen molar-refractivity contribution in [1.29, 1.82) is 0 Å². The fourth-order valence-electron chi connectivity index (χ4n) is 2.37. The molecule has 0 aliphatic heterocycles. The molecule has 4 nitrogen and oxygen atoms in total. The van der Waals surface area contributed by atoms with Crippen LogP contribution >= 0.6 is 11.6 Å². The molecule has 0 aliphatic carbocycles. The van der Waals surface area contributed by atoms with E-state index in [1.165, 1.54) is 0 Å². The summed E-state index contributed by atoms with van der Waals surface area (Å²) in [5, 5.41) is 5.36. The molecular weight excluding hydrogens is 284 g/mol. The molecule has 2 rings (SSSR count). The van der Waals surface area contributed by atoms with E-state index in [4.69, 9.17) is 17.4 Å². The normalized spacial score (nSPS) is 14.1. The Bertz CT molecular complexity index is 573.